The zero-order chi connectivity index (χ0) is 13.3. The second kappa shape index (κ2) is 4.97. The Bertz CT molecular complexity index is 542. The maximum absolute atomic E-state index is 2.29. The molecule has 2 aromatic rings. The molecule has 0 radical (unpaired) electrons. The van der Waals surface area contributed by atoms with Crippen LogP contribution in [0.1, 0.15) is 42.0 Å². The molecule has 0 aliphatic heterocycles. The van der Waals surface area contributed by atoms with E-state index in [0.29, 0.717) is 5.92 Å². The van der Waals surface area contributed by atoms with Gasteiger partial charge in [-0.05, 0) is 48.9 Å². The van der Waals surface area contributed by atoms with E-state index in [4.69, 9.17) is 0 Å². The second-order valence-electron chi connectivity index (χ2n) is 5.57. The number of rotatable bonds is 2. The third kappa shape index (κ3) is 2.48. The topological polar surface area (TPSA) is 0 Å². The molecule has 0 fully saturated rings. The summed E-state index contributed by atoms with van der Waals surface area (Å²) in [5.41, 5.74) is 8.26. The summed E-state index contributed by atoms with van der Waals surface area (Å²) in [4.78, 5) is 0. The molecule has 0 nitrogen and oxygen atoms in total. The highest BCUT2D eigenvalue weighted by Crippen LogP contribution is 2.33. The summed E-state index contributed by atoms with van der Waals surface area (Å²) in [7, 11) is 0. The van der Waals surface area contributed by atoms with Crippen LogP contribution in [0.5, 0.6) is 0 Å². The van der Waals surface area contributed by atoms with Crippen molar-refractivity contribution in [1.29, 1.82) is 0 Å². The van der Waals surface area contributed by atoms with Crippen molar-refractivity contribution in [2.24, 2.45) is 0 Å². The lowest BCUT2D eigenvalue weighted by molar-refractivity contribution is 0.867. The van der Waals surface area contributed by atoms with Gasteiger partial charge < -0.3 is 0 Å². The fourth-order valence-corrected chi connectivity index (χ4v) is 2.68. The molecule has 0 heterocycles. The number of hydrogen-bond donors (Lipinski definition) is 0. The highest BCUT2D eigenvalue weighted by molar-refractivity contribution is 5.72. The molecule has 0 atom stereocenters. The third-order valence-electron chi connectivity index (χ3n) is 3.44. The predicted octanol–water partition coefficient (Wildman–Crippen LogP) is 5.40. The van der Waals surface area contributed by atoms with Crippen molar-refractivity contribution < 1.29 is 0 Å². The molecule has 0 saturated heterocycles. The molecule has 0 bridgehead atoms. The molecule has 0 unspecified atom stereocenters. The van der Waals surface area contributed by atoms with Crippen molar-refractivity contribution >= 4 is 0 Å². The maximum atomic E-state index is 2.29. The van der Waals surface area contributed by atoms with Crippen molar-refractivity contribution in [2.45, 2.75) is 40.5 Å². The fraction of sp³-hybridized carbons (Fsp3) is 0.333. The van der Waals surface area contributed by atoms with Crippen LogP contribution in [0, 0.1) is 20.8 Å². The van der Waals surface area contributed by atoms with Crippen LogP contribution in [0.15, 0.2) is 36.4 Å². The molecule has 0 aliphatic carbocycles. The molecule has 0 aromatic heterocycles. The molecular formula is C18H22. The summed E-state index contributed by atoms with van der Waals surface area (Å²) >= 11 is 0. The largest absolute Gasteiger partial charge is 0.0617 e. The Morgan fingerprint density at radius 2 is 1.44 bits per heavy atom. The van der Waals surface area contributed by atoms with Gasteiger partial charge in [0, 0.05) is 0 Å². The molecule has 0 aliphatic rings. The molecule has 2 rings (SSSR count). The Hall–Kier alpha value is -1.56. The van der Waals surface area contributed by atoms with Crippen LogP contribution in [-0.2, 0) is 0 Å². The molecule has 94 valence electrons. The Morgan fingerprint density at radius 3 is 2.00 bits per heavy atom. The average Bonchev–Trinajstić information content (AvgIpc) is 2.26. The SMILES string of the molecule is Cc1cc(C)cc(-c2c(C)cccc2C(C)C)c1. The van der Waals surface area contributed by atoms with Crippen molar-refractivity contribution in [3.05, 3.63) is 58.7 Å². The standard InChI is InChI=1S/C18H22/c1-12(2)17-8-6-7-15(5)18(17)16-10-13(3)9-14(4)11-16/h6-12H,1-5H3. The normalized spacial score (nSPS) is 11.0. The minimum Gasteiger partial charge on any atom is -0.0617 e. The minimum atomic E-state index is 0.556. The van der Waals surface area contributed by atoms with Crippen molar-refractivity contribution in [1.82, 2.24) is 0 Å². The molecule has 0 amide bonds. The van der Waals surface area contributed by atoms with E-state index in [1.165, 1.54) is 33.4 Å². The lowest BCUT2D eigenvalue weighted by Gasteiger charge is -2.16. The van der Waals surface area contributed by atoms with E-state index in [0.717, 1.165) is 0 Å². The first-order valence-corrected chi connectivity index (χ1v) is 6.67. The first-order chi connectivity index (χ1) is 8.49. The minimum absolute atomic E-state index is 0.556. The van der Waals surface area contributed by atoms with Crippen LogP contribution >= 0.6 is 0 Å². The van der Waals surface area contributed by atoms with Gasteiger partial charge in [-0.15, -0.1) is 0 Å². The monoisotopic (exact) mass is 238 g/mol. The summed E-state index contributed by atoms with van der Waals surface area (Å²) in [5, 5.41) is 0. The molecule has 2 aromatic carbocycles. The Morgan fingerprint density at radius 1 is 0.833 bits per heavy atom. The molecular weight excluding hydrogens is 216 g/mol. The maximum Gasteiger partial charge on any atom is -0.0120 e. The van der Waals surface area contributed by atoms with Gasteiger partial charge in [0.05, 0.1) is 0 Å². The van der Waals surface area contributed by atoms with Gasteiger partial charge in [-0.3, -0.25) is 0 Å². The third-order valence-corrected chi connectivity index (χ3v) is 3.44. The quantitative estimate of drug-likeness (QED) is 0.657. The summed E-state index contributed by atoms with van der Waals surface area (Å²) in [6.07, 6.45) is 0. The van der Waals surface area contributed by atoms with Gasteiger partial charge in [-0.2, -0.15) is 0 Å². The summed E-state index contributed by atoms with van der Waals surface area (Å²) in [6.45, 7) is 11.1. The number of aryl methyl sites for hydroxylation is 3. The summed E-state index contributed by atoms with van der Waals surface area (Å²) in [6, 6.07) is 13.4. The van der Waals surface area contributed by atoms with Gasteiger partial charge in [-0.1, -0.05) is 61.4 Å². The van der Waals surface area contributed by atoms with Crippen molar-refractivity contribution in [3.8, 4) is 11.1 Å². The number of hydrogen-bond acceptors (Lipinski definition) is 0. The Kier molecular flexibility index (Phi) is 3.56. The van der Waals surface area contributed by atoms with Gasteiger partial charge in [0.1, 0.15) is 0 Å². The van der Waals surface area contributed by atoms with Crippen LogP contribution in [0.2, 0.25) is 0 Å². The predicted molar refractivity (Wildman–Crippen MR) is 80.2 cm³/mol. The first kappa shape index (κ1) is 12.9. The van der Waals surface area contributed by atoms with Gasteiger partial charge in [-0.25, -0.2) is 0 Å². The zero-order valence-electron chi connectivity index (χ0n) is 12.0. The van der Waals surface area contributed by atoms with E-state index in [1.807, 2.05) is 0 Å². The number of benzene rings is 2. The molecule has 0 N–H and O–H groups in total. The van der Waals surface area contributed by atoms with E-state index >= 15 is 0 Å². The second-order valence-corrected chi connectivity index (χ2v) is 5.57. The average molecular weight is 238 g/mol. The summed E-state index contributed by atoms with van der Waals surface area (Å²) in [5.74, 6) is 0.556. The Labute approximate surface area is 111 Å². The van der Waals surface area contributed by atoms with Crippen LogP contribution in [-0.4, -0.2) is 0 Å². The van der Waals surface area contributed by atoms with E-state index in [2.05, 4.69) is 71.0 Å². The van der Waals surface area contributed by atoms with Crippen LogP contribution in [0.25, 0.3) is 11.1 Å². The molecule has 0 heteroatoms. The van der Waals surface area contributed by atoms with E-state index in [-0.39, 0.29) is 0 Å². The molecule has 0 spiro atoms. The first-order valence-electron chi connectivity index (χ1n) is 6.67. The highest BCUT2D eigenvalue weighted by atomic mass is 14.2. The Balaban J connectivity index is 2.69. The fourth-order valence-electron chi connectivity index (χ4n) is 2.68. The van der Waals surface area contributed by atoms with Gasteiger partial charge in [0.15, 0.2) is 0 Å². The van der Waals surface area contributed by atoms with Crippen LogP contribution in [0.4, 0.5) is 0 Å². The van der Waals surface area contributed by atoms with Crippen molar-refractivity contribution in [2.75, 3.05) is 0 Å². The lowest BCUT2D eigenvalue weighted by Crippen LogP contribution is -1.96. The van der Waals surface area contributed by atoms with Crippen molar-refractivity contribution in [3.63, 3.8) is 0 Å². The van der Waals surface area contributed by atoms with Gasteiger partial charge in [0.25, 0.3) is 0 Å². The zero-order valence-corrected chi connectivity index (χ0v) is 12.0. The van der Waals surface area contributed by atoms with Gasteiger partial charge >= 0.3 is 0 Å². The molecule has 18 heavy (non-hydrogen) atoms. The van der Waals surface area contributed by atoms with Crippen LogP contribution < -0.4 is 0 Å². The van der Waals surface area contributed by atoms with E-state index in [1.54, 1.807) is 0 Å². The smallest absolute Gasteiger partial charge is 0.0120 e. The van der Waals surface area contributed by atoms with Crippen LogP contribution in [0.3, 0.4) is 0 Å². The lowest BCUT2D eigenvalue weighted by atomic mass is 9.88. The summed E-state index contributed by atoms with van der Waals surface area (Å²) < 4.78 is 0. The van der Waals surface area contributed by atoms with Gasteiger partial charge in [0.2, 0.25) is 0 Å². The van der Waals surface area contributed by atoms with E-state index in [9.17, 15) is 0 Å². The highest BCUT2D eigenvalue weighted by Gasteiger charge is 2.11. The molecule has 0 saturated carbocycles. The van der Waals surface area contributed by atoms with E-state index < -0.39 is 0 Å².